The maximum Gasteiger partial charge on any atom is 0.247 e. The molecule has 4 nitrogen and oxygen atoms in total. The molecule has 2 fully saturated rings. The minimum Gasteiger partial charge on any atom is -0.495 e. The Morgan fingerprint density at radius 1 is 1.24 bits per heavy atom. The van der Waals surface area contributed by atoms with Gasteiger partial charge in [-0.15, -0.1) is 0 Å². The van der Waals surface area contributed by atoms with Crippen molar-refractivity contribution in [2.45, 2.75) is 43.0 Å². The van der Waals surface area contributed by atoms with Crippen molar-refractivity contribution < 1.29 is 13.2 Å². The third-order valence-electron chi connectivity index (χ3n) is 4.67. The SMILES string of the molecule is COc1ccc(Br)cc1S(=O)(=O)N1CCC2CCCCC21. The van der Waals surface area contributed by atoms with Crippen molar-refractivity contribution in [2.24, 2.45) is 5.92 Å². The molecule has 116 valence electrons. The molecule has 6 heteroatoms. The van der Waals surface area contributed by atoms with E-state index in [-0.39, 0.29) is 10.9 Å². The summed E-state index contributed by atoms with van der Waals surface area (Å²) in [6.07, 6.45) is 5.49. The Labute approximate surface area is 134 Å². The topological polar surface area (TPSA) is 46.6 Å². The summed E-state index contributed by atoms with van der Waals surface area (Å²) in [7, 11) is -1.99. The zero-order valence-electron chi connectivity index (χ0n) is 12.1. The third-order valence-corrected chi connectivity index (χ3v) is 7.11. The van der Waals surface area contributed by atoms with E-state index in [0.717, 1.165) is 30.2 Å². The number of hydrogen-bond donors (Lipinski definition) is 0. The minimum atomic E-state index is -3.50. The van der Waals surface area contributed by atoms with Crippen LogP contribution >= 0.6 is 15.9 Å². The van der Waals surface area contributed by atoms with Crippen LogP contribution in [0.2, 0.25) is 0 Å². The summed E-state index contributed by atoms with van der Waals surface area (Å²) in [5.74, 6) is 0.948. The molecular formula is C15H20BrNO3S. The largest absolute Gasteiger partial charge is 0.495 e. The Kier molecular flexibility index (Phi) is 4.30. The molecule has 0 bridgehead atoms. The molecule has 0 radical (unpaired) electrons. The fourth-order valence-electron chi connectivity index (χ4n) is 3.64. The lowest BCUT2D eigenvalue weighted by atomic mass is 9.86. The molecule has 0 aromatic heterocycles. The van der Waals surface area contributed by atoms with Crippen molar-refractivity contribution in [3.63, 3.8) is 0 Å². The lowest BCUT2D eigenvalue weighted by Gasteiger charge is -2.31. The van der Waals surface area contributed by atoms with Gasteiger partial charge in [-0.3, -0.25) is 0 Å². The van der Waals surface area contributed by atoms with Gasteiger partial charge in [-0.05, 0) is 43.4 Å². The van der Waals surface area contributed by atoms with E-state index in [1.165, 1.54) is 13.5 Å². The van der Waals surface area contributed by atoms with Crippen LogP contribution in [-0.2, 0) is 10.0 Å². The van der Waals surface area contributed by atoms with E-state index in [0.29, 0.717) is 18.2 Å². The molecule has 3 rings (SSSR count). The Bertz CT molecular complexity index is 632. The summed E-state index contributed by atoms with van der Waals surface area (Å²) in [6.45, 7) is 0.632. The Hall–Kier alpha value is -0.590. The molecule has 2 aliphatic rings. The normalized spacial score (nSPS) is 26.6. The molecule has 2 atom stereocenters. The highest BCUT2D eigenvalue weighted by Gasteiger charge is 2.43. The van der Waals surface area contributed by atoms with Gasteiger partial charge in [0.1, 0.15) is 10.6 Å². The van der Waals surface area contributed by atoms with E-state index < -0.39 is 10.0 Å². The van der Waals surface area contributed by atoms with Crippen molar-refractivity contribution in [3.05, 3.63) is 22.7 Å². The van der Waals surface area contributed by atoms with Crippen LogP contribution < -0.4 is 4.74 Å². The fourth-order valence-corrected chi connectivity index (χ4v) is 6.07. The van der Waals surface area contributed by atoms with Gasteiger partial charge in [-0.1, -0.05) is 28.8 Å². The highest BCUT2D eigenvalue weighted by atomic mass is 79.9. The van der Waals surface area contributed by atoms with Gasteiger partial charge >= 0.3 is 0 Å². The van der Waals surface area contributed by atoms with Gasteiger partial charge in [0.05, 0.1) is 7.11 Å². The van der Waals surface area contributed by atoms with Crippen LogP contribution in [0.1, 0.15) is 32.1 Å². The zero-order valence-corrected chi connectivity index (χ0v) is 14.5. The number of hydrogen-bond acceptors (Lipinski definition) is 3. The summed E-state index contributed by atoms with van der Waals surface area (Å²) >= 11 is 3.36. The van der Waals surface area contributed by atoms with Crippen molar-refractivity contribution in [2.75, 3.05) is 13.7 Å². The van der Waals surface area contributed by atoms with Gasteiger partial charge in [-0.2, -0.15) is 4.31 Å². The quantitative estimate of drug-likeness (QED) is 0.815. The van der Waals surface area contributed by atoms with E-state index in [2.05, 4.69) is 15.9 Å². The Morgan fingerprint density at radius 3 is 2.76 bits per heavy atom. The molecule has 21 heavy (non-hydrogen) atoms. The fraction of sp³-hybridized carbons (Fsp3) is 0.600. The maximum atomic E-state index is 13.0. The number of fused-ring (bicyclic) bond motifs is 1. The first-order valence-electron chi connectivity index (χ1n) is 7.39. The second-order valence-corrected chi connectivity index (χ2v) is 8.59. The Morgan fingerprint density at radius 2 is 2.00 bits per heavy atom. The van der Waals surface area contributed by atoms with Gasteiger partial charge in [0, 0.05) is 17.1 Å². The van der Waals surface area contributed by atoms with Crippen molar-refractivity contribution >= 4 is 26.0 Å². The van der Waals surface area contributed by atoms with Crippen LogP contribution in [-0.4, -0.2) is 32.4 Å². The molecule has 1 aliphatic carbocycles. The number of ether oxygens (including phenoxy) is 1. The number of benzene rings is 1. The minimum absolute atomic E-state index is 0.174. The van der Waals surface area contributed by atoms with Crippen LogP contribution in [0.3, 0.4) is 0 Å². The maximum absolute atomic E-state index is 13.0. The second-order valence-electron chi connectivity index (χ2n) is 5.81. The van der Waals surface area contributed by atoms with E-state index >= 15 is 0 Å². The van der Waals surface area contributed by atoms with E-state index in [1.54, 1.807) is 22.5 Å². The molecule has 1 aliphatic heterocycles. The lowest BCUT2D eigenvalue weighted by molar-refractivity contribution is 0.259. The molecule has 1 saturated heterocycles. The van der Waals surface area contributed by atoms with Crippen molar-refractivity contribution in [1.29, 1.82) is 0 Å². The number of rotatable bonds is 3. The summed E-state index contributed by atoms with van der Waals surface area (Å²) in [6, 6.07) is 5.31. The first-order chi connectivity index (χ1) is 10.0. The average molecular weight is 374 g/mol. The summed E-state index contributed by atoms with van der Waals surface area (Å²) in [5.41, 5.74) is 0. The van der Waals surface area contributed by atoms with Gasteiger partial charge in [0.15, 0.2) is 0 Å². The van der Waals surface area contributed by atoms with Crippen LogP contribution in [0.15, 0.2) is 27.6 Å². The molecule has 1 aromatic carbocycles. The molecular weight excluding hydrogens is 354 g/mol. The van der Waals surface area contributed by atoms with Crippen LogP contribution in [0.5, 0.6) is 5.75 Å². The zero-order chi connectivity index (χ0) is 15.0. The predicted molar refractivity (Wildman–Crippen MR) is 84.9 cm³/mol. The molecule has 2 unspecified atom stereocenters. The highest BCUT2D eigenvalue weighted by molar-refractivity contribution is 9.10. The molecule has 0 amide bonds. The summed E-state index contributed by atoms with van der Waals surface area (Å²) in [4.78, 5) is 0.269. The Balaban J connectivity index is 1.99. The number of sulfonamides is 1. The van der Waals surface area contributed by atoms with Crippen LogP contribution in [0.25, 0.3) is 0 Å². The first-order valence-corrected chi connectivity index (χ1v) is 9.62. The van der Waals surface area contributed by atoms with Gasteiger partial charge in [-0.25, -0.2) is 8.42 Å². The number of methoxy groups -OCH3 is 1. The highest BCUT2D eigenvalue weighted by Crippen LogP contribution is 2.40. The molecule has 1 heterocycles. The van der Waals surface area contributed by atoms with Crippen LogP contribution in [0, 0.1) is 5.92 Å². The third kappa shape index (κ3) is 2.73. The van der Waals surface area contributed by atoms with Gasteiger partial charge in [0.25, 0.3) is 0 Å². The van der Waals surface area contributed by atoms with E-state index in [1.807, 2.05) is 0 Å². The summed E-state index contributed by atoms with van der Waals surface area (Å²) in [5, 5.41) is 0. The monoisotopic (exact) mass is 373 g/mol. The lowest BCUT2D eigenvalue weighted by Crippen LogP contribution is -2.39. The second kappa shape index (κ2) is 5.89. The van der Waals surface area contributed by atoms with Crippen molar-refractivity contribution in [3.8, 4) is 5.75 Å². The van der Waals surface area contributed by atoms with Crippen molar-refractivity contribution in [1.82, 2.24) is 4.31 Å². The number of nitrogens with zero attached hydrogens (tertiary/aromatic N) is 1. The van der Waals surface area contributed by atoms with E-state index in [4.69, 9.17) is 4.74 Å². The molecule has 1 saturated carbocycles. The van der Waals surface area contributed by atoms with Gasteiger partial charge < -0.3 is 4.74 Å². The average Bonchev–Trinajstić information content (AvgIpc) is 2.92. The molecule has 0 N–H and O–H groups in total. The van der Waals surface area contributed by atoms with Gasteiger partial charge in [0.2, 0.25) is 10.0 Å². The summed E-state index contributed by atoms with van der Waals surface area (Å²) < 4.78 is 33.8. The van der Waals surface area contributed by atoms with E-state index in [9.17, 15) is 8.42 Å². The molecule has 1 aromatic rings. The predicted octanol–water partition coefficient (Wildman–Crippen LogP) is 3.41. The first kappa shape index (κ1) is 15.3. The smallest absolute Gasteiger partial charge is 0.247 e. The standard InChI is InChI=1S/C15H20BrNO3S/c1-20-14-7-6-12(16)10-15(14)21(18,19)17-9-8-11-4-2-3-5-13(11)17/h6-7,10-11,13H,2-5,8-9H2,1H3. The molecule has 0 spiro atoms. The van der Waals surface area contributed by atoms with Crippen LogP contribution in [0.4, 0.5) is 0 Å². The number of halogens is 1.